The summed E-state index contributed by atoms with van der Waals surface area (Å²) in [6, 6.07) is 0. The second kappa shape index (κ2) is 4.66. The topological polar surface area (TPSA) is 46.2 Å². The molecule has 2 aliphatic carbocycles. The van der Waals surface area contributed by atoms with Gasteiger partial charge in [0.15, 0.2) is 0 Å². The normalized spacial score (nSPS) is 38.8. The third-order valence-corrected chi connectivity index (χ3v) is 5.35. The summed E-state index contributed by atoms with van der Waals surface area (Å²) in [4.78, 5) is 0. The van der Waals surface area contributed by atoms with Crippen LogP contribution >= 0.6 is 0 Å². The standard InChI is InChI=1S/C14H27NO/c1-2-12-6-9-13(10-12,11-15)14(16)7-4-3-5-8-14/h12,16H,2-11,15H2,1H3. The van der Waals surface area contributed by atoms with Crippen LogP contribution in [0.25, 0.3) is 0 Å². The Morgan fingerprint density at radius 3 is 2.38 bits per heavy atom. The first-order valence-corrected chi connectivity index (χ1v) is 7.08. The van der Waals surface area contributed by atoms with E-state index in [1.165, 1.54) is 32.1 Å². The van der Waals surface area contributed by atoms with Crippen molar-refractivity contribution in [3.63, 3.8) is 0 Å². The minimum absolute atomic E-state index is 0.0497. The predicted molar refractivity (Wildman–Crippen MR) is 67.2 cm³/mol. The molecule has 0 saturated heterocycles. The summed E-state index contributed by atoms with van der Waals surface area (Å²) >= 11 is 0. The first-order chi connectivity index (χ1) is 7.66. The zero-order chi connectivity index (χ0) is 11.6. The molecule has 2 saturated carbocycles. The maximum atomic E-state index is 11.0. The van der Waals surface area contributed by atoms with Crippen molar-refractivity contribution in [2.75, 3.05) is 6.54 Å². The van der Waals surface area contributed by atoms with Crippen LogP contribution in [0.1, 0.15) is 64.7 Å². The molecular formula is C14H27NO. The number of nitrogens with two attached hydrogens (primary N) is 1. The van der Waals surface area contributed by atoms with Gasteiger partial charge >= 0.3 is 0 Å². The molecule has 0 aromatic heterocycles. The Balaban J connectivity index is 2.14. The highest BCUT2D eigenvalue weighted by Gasteiger charge is 2.52. The fraction of sp³-hybridized carbons (Fsp3) is 1.00. The van der Waals surface area contributed by atoms with Crippen molar-refractivity contribution >= 4 is 0 Å². The molecule has 2 fully saturated rings. The smallest absolute Gasteiger partial charge is 0.0715 e. The van der Waals surface area contributed by atoms with Crippen LogP contribution in [0, 0.1) is 11.3 Å². The monoisotopic (exact) mass is 225 g/mol. The first kappa shape index (κ1) is 12.4. The van der Waals surface area contributed by atoms with Gasteiger partial charge in [-0.3, -0.25) is 0 Å². The molecule has 2 rings (SSSR count). The summed E-state index contributed by atoms with van der Waals surface area (Å²) < 4.78 is 0. The highest BCUT2D eigenvalue weighted by molar-refractivity contribution is 5.04. The average Bonchev–Trinajstić information content (AvgIpc) is 2.75. The van der Waals surface area contributed by atoms with Crippen LogP contribution in [0.15, 0.2) is 0 Å². The first-order valence-electron chi connectivity index (χ1n) is 7.08. The minimum Gasteiger partial charge on any atom is -0.389 e. The average molecular weight is 225 g/mol. The molecule has 2 atom stereocenters. The largest absolute Gasteiger partial charge is 0.389 e. The van der Waals surface area contributed by atoms with Gasteiger partial charge < -0.3 is 10.8 Å². The summed E-state index contributed by atoms with van der Waals surface area (Å²) in [5, 5.41) is 11.0. The number of rotatable bonds is 3. The highest BCUT2D eigenvalue weighted by Crippen LogP contribution is 2.54. The Kier molecular flexibility index (Phi) is 3.60. The van der Waals surface area contributed by atoms with Crippen LogP contribution in [0.2, 0.25) is 0 Å². The lowest BCUT2D eigenvalue weighted by molar-refractivity contribution is -0.105. The maximum Gasteiger partial charge on any atom is 0.0715 e. The predicted octanol–water partition coefficient (Wildman–Crippen LogP) is 2.84. The molecule has 0 spiro atoms. The summed E-state index contributed by atoms with van der Waals surface area (Å²) in [6.45, 7) is 2.95. The molecule has 0 aromatic rings. The number of hydrogen-bond donors (Lipinski definition) is 2. The molecule has 0 radical (unpaired) electrons. The van der Waals surface area contributed by atoms with E-state index in [4.69, 9.17) is 5.73 Å². The van der Waals surface area contributed by atoms with E-state index in [-0.39, 0.29) is 5.41 Å². The van der Waals surface area contributed by atoms with Gasteiger partial charge in [0, 0.05) is 12.0 Å². The van der Waals surface area contributed by atoms with Crippen molar-refractivity contribution in [3.8, 4) is 0 Å². The van der Waals surface area contributed by atoms with Gasteiger partial charge in [0.2, 0.25) is 0 Å². The lowest BCUT2D eigenvalue weighted by atomic mass is 9.63. The number of aliphatic hydroxyl groups is 1. The van der Waals surface area contributed by atoms with Crippen molar-refractivity contribution in [1.82, 2.24) is 0 Å². The van der Waals surface area contributed by atoms with Crippen LogP contribution in [0.5, 0.6) is 0 Å². The van der Waals surface area contributed by atoms with Gasteiger partial charge in [-0.2, -0.15) is 0 Å². The van der Waals surface area contributed by atoms with Gasteiger partial charge in [-0.05, 0) is 38.0 Å². The van der Waals surface area contributed by atoms with Crippen LogP contribution in [-0.4, -0.2) is 17.3 Å². The van der Waals surface area contributed by atoms with Crippen molar-refractivity contribution < 1.29 is 5.11 Å². The third kappa shape index (κ3) is 1.91. The van der Waals surface area contributed by atoms with Crippen LogP contribution in [0.4, 0.5) is 0 Å². The van der Waals surface area contributed by atoms with E-state index in [2.05, 4.69) is 6.92 Å². The summed E-state index contributed by atoms with van der Waals surface area (Å²) in [6.07, 6.45) is 10.5. The second-order valence-electron chi connectivity index (χ2n) is 6.09. The fourth-order valence-corrected chi connectivity index (χ4v) is 4.05. The van der Waals surface area contributed by atoms with Crippen LogP contribution in [0.3, 0.4) is 0 Å². The molecular weight excluding hydrogens is 198 g/mol. The third-order valence-electron chi connectivity index (χ3n) is 5.35. The minimum atomic E-state index is -0.441. The molecule has 0 aromatic carbocycles. The van der Waals surface area contributed by atoms with Gasteiger partial charge in [0.05, 0.1) is 5.60 Å². The highest BCUT2D eigenvalue weighted by atomic mass is 16.3. The molecule has 16 heavy (non-hydrogen) atoms. The Hall–Kier alpha value is -0.0800. The van der Waals surface area contributed by atoms with E-state index in [1.54, 1.807) is 0 Å². The molecule has 0 bridgehead atoms. The van der Waals surface area contributed by atoms with Gasteiger partial charge in [0.25, 0.3) is 0 Å². The van der Waals surface area contributed by atoms with E-state index in [0.717, 1.165) is 31.6 Å². The van der Waals surface area contributed by atoms with E-state index in [1.807, 2.05) is 0 Å². The van der Waals surface area contributed by atoms with Crippen molar-refractivity contribution in [2.45, 2.75) is 70.3 Å². The molecule has 94 valence electrons. The van der Waals surface area contributed by atoms with Gasteiger partial charge in [0.1, 0.15) is 0 Å². The Morgan fingerprint density at radius 2 is 1.88 bits per heavy atom. The molecule has 2 nitrogen and oxygen atoms in total. The van der Waals surface area contributed by atoms with Gasteiger partial charge in [-0.1, -0.05) is 32.6 Å². The van der Waals surface area contributed by atoms with Crippen molar-refractivity contribution in [1.29, 1.82) is 0 Å². The van der Waals surface area contributed by atoms with Crippen molar-refractivity contribution in [2.24, 2.45) is 17.1 Å². The molecule has 3 N–H and O–H groups in total. The summed E-state index contributed by atoms with van der Waals surface area (Å²) in [5.41, 5.74) is 5.65. The second-order valence-corrected chi connectivity index (χ2v) is 6.09. The molecule has 0 aliphatic heterocycles. The Morgan fingerprint density at radius 1 is 1.19 bits per heavy atom. The molecule has 0 amide bonds. The zero-order valence-corrected chi connectivity index (χ0v) is 10.7. The molecule has 2 unspecified atom stereocenters. The lowest BCUT2D eigenvalue weighted by Gasteiger charge is -2.47. The van der Waals surface area contributed by atoms with Crippen LogP contribution < -0.4 is 5.73 Å². The fourth-order valence-electron chi connectivity index (χ4n) is 4.05. The maximum absolute atomic E-state index is 11.0. The molecule has 2 aliphatic rings. The Bertz CT molecular complexity index is 235. The summed E-state index contributed by atoms with van der Waals surface area (Å²) in [7, 11) is 0. The van der Waals surface area contributed by atoms with Gasteiger partial charge in [-0.15, -0.1) is 0 Å². The quantitative estimate of drug-likeness (QED) is 0.776. The molecule has 2 heteroatoms. The zero-order valence-electron chi connectivity index (χ0n) is 10.7. The van der Waals surface area contributed by atoms with Crippen molar-refractivity contribution in [3.05, 3.63) is 0 Å². The SMILES string of the molecule is CCC1CCC(CN)(C2(O)CCCCC2)C1. The van der Waals surface area contributed by atoms with E-state index in [9.17, 15) is 5.11 Å². The number of hydrogen-bond acceptors (Lipinski definition) is 2. The van der Waals surface area contributed by atoms with E-state index >= 15 is 0 Å². The van der Waals surface area contributed by atoms with E-state index < -0.39 is 5.60 Å². The molecule has 0 heterocycles. The lowest BCUT2D eigenvalue weighted by Crippen LogP contribution is -2.52. The van der Waals surface area contributed by atoms with Gasteiger partial charge in [-0.25, -0.2) is 0 Å². The Labute approximate surface area is 99.6 Å². The summed E-state index contributed by atoms with van der Waals surface area (Å²) in [5.74, 6) is 0.800. The van der Waals surface area contributed by atoms with E-state index in [0.29, 0.717) is 6.54 Å². The van der Waals surface area contributed by atoms with Crippen LogP contribution in [-0.2, 0) is 0 Å².